The Bertz CT molecular complexity index is 618. The SMILES string of the molecule is CC(=O)C1(C)CCN(CC2COc3ccccc3O2)CC1.CCCC1CC1. The summed E-state index contributed by atoms with van der Waals surface area (Å²) in [7, 11) is 0. The van der Waals surface area contributed by atoms with Gasteiger partial charge in [-0.25, -0.2) is 0 Å². The highest BCUT2D eigenvalue weighted by atomic mass is 16.6. The molecule has 0 bridgehead atoms. The predicted molar refractivity (Wildman–Crippen MR) is 108 cm³/mol. The number of piperidine rings is 1. The molecule has 2 aliphatic heterocycles. The van der Waals surface area contributed by atoms with Crippen molar-refractivity contribution in [2.45, 2.75) is 65.4 Å². The Labute approximate surface area is 164 Å². The summed E-state index contributed by atoms with van der Waals surface area (Å²) in [6.07, 6.45) is 7.87. The molecule has 1 aromatic rings. The summed E-state index contributed by atoms with van der Waals surface area (Å²) >= 11 is 0. The number of para-hydroxylation sites is 2. The van der Waals surface area contributed by atoms with E-state index in [-0.39, 0.29) is 11.5 Å². The van der Waals surface area contributed by atoms with Crippen molar-refractivity contribution >= 4 is 5.78 Å². The lowest BCUT2D eigenvalue weighted by molar-refractivity contribution is -0.128. The number of nitrogens with zero attached hydrogens (tertiary/aromatic N) is 1. The van der Waals surface area contributed by atoms with Gasteiger partial charge < -0.3 is 9.47 Å². The molecule has 150 valence electrons. The van der Waals surface area contributed by atoms with Crippen LogP contribution in [0.3, 0.4) is 0 Å². The van der Waals surface area contributed by atoms with Gasteiger partial charge in [0.15, 0.2) is 11.5 Å². The molecule has 2 heterocycles. The van der Waals surface area contributed by atoms with Gasteiger partial charge in [-0.2, -0.15) is 0 Å². The van der Waals surface area contributed by atoms with Crippen LogP contribution in [0.4, 0.5) is 0 Å². The molecule has 0 aromatic heterocycles. The Kier molecular flexibility index (Phi) is 6.80. The average Bonchev–Trinajstić information content (AvgIpc) is 3.49. The number of hydrogen-bond donors (Lipinski definition) is 0. The summed E-state index contributed by atoms with van der Waals surface area (Å²) in [5.74, 6) is 3.12. The van der Waals surface area contributed by atoms with E-state index in [9.17, 15) is 4.79 Å². The lowest BCUT2D eigenvalue weighted by atomic mass is 9.77. The van der Waals surface area contributed by atoms with Crippen molar-refractivity contribution in [1.82, 2.24) is 4.90 Å². The smallest absolute Gasteiger partial charge is 0.161 e. The number of fused-ring (bicyclic) bond motifs is 1. The van der Waals surface area contributed by atoms with Crippen LogP contribution in [0.1, 0.15) is 59.3 Å². The zero-order chi connectivity index (χ0) is 19.3. The quantitative estimate of drug-likeness (QED) is 0.749. The first-order chi connectivity index (χ1) is 13.0. The topological polar surface area (TPSA) is 38.8 Å². The first-order valence-corrected chi connectivity index (χ1v) is 10.6. The molecule has 4 rings (SSSR count). The van der Waals surface area contributed by atoms with Crippen molar-refractivity contribution in [1.29, 1.82) is 0 Å². The highest BCUT2D eigenvalue weighted by Crippen LogP contribution is 2.34. The number of ketones is 1. The largest absolute Gasteiger partial charge is 0.486 e. The molecule has 4 heteroatoms. The van der Waals surface area contributed by atoms with Crippen molar-refractivity contribution < 1.29 is 14.3 Å². The fraction of sp³-hybridized carbons (Fsp3) is 0.696. The maximum atomic E-state index is 11.7. The number of carbonyl (C=O) groups excluding carboxylic acids is 1. The molecule has 1 aromatic carbocycles. The normalized spacial score (nSPS) is 23.9. The molecular formula is C23H35NO3. The standard InChI is InChI=1S/C17H23NO3.C6H12/c1-13(19)17(2)7-9-18(10-8-17)11-14-12-20-15-5-3-4-6-16(15)21-14;1-2-3-6-4-5-6/h3-6,14H,7-12H2,1-2H3;6H,2-5H2,1H3. The molecule has 1 saturated carbocycles. The molecule has 0 N–H and O–H groups in total. The summed E-state index contributed by atoms with van der Waals surface area (Å²) < 4.78 is 11.8. The molecule has 1 atom stereocenters. The van der Waals surface area contributed by atoms with Gasteiger partial charge in [0, 0.05) is 12.0 Å². The summed E-state index contributed by atoms with van der Waals surface area (Å²) in [6.45, 7) is 9.43. The first kappa shape index (κ1) is 20.2. The number of Topliss-reactive ketones (excluding diaryl/α,β-unsaturated/α-hetero) is 1. The molecule has 0 radical (unpaired) electrons. The monoisotopic (exact) mass is 373 g/mol. The van der Waals surface area contributed by atoms with E-state index in [1.807, 2.05) is 24.3 Å². The van der Waals surface area contributed by atoms with E-state index in [1.54, 1.807) is 6.92 Å². The Balaban J connectivity index is 0.000000299. The van der Waals surface area contributed by atoms with Crippen molar-refractivity contribution in [3.05, 3.63) is 24.3 Å². The van der Waals surface area contributed by atoms with Crippen LogP contribution >= 0.6 is 0 Å². The third-order valence-corrected chi connectivity index (χ3v) is 6.23. The van der Waals surface area contributed by atoms with Gasteiger partial charge in [-0.15, -0.1) is 0 Å². The third-order valence-electron chi connectivity index (χ3n) is 6.23. The van der Waals surface area contributed by atoms with Crippen LogP contribution in [0, 0.1) is 11.3 Å². The van der Waals surface area contributed by atoms with E-state index < -0.39 is 0 Å². The molecule has 0 amide bonds. The van der Waals surface area contributed by atoms with Crippen LogP contribution in [-0.2, 0) is 4.79 Å². The van der Waals surface area contributed by atoms with Gasteiger partial charge in [0.25, 0.3) is 0 Å². The molecule has 1 aliphatic carbocycles. The number of hydrogen-bond acceptors (Lipinski definition) is 4. The molecule has 0 spiro atoms. The van der Waals surface area contributed by atoms with Crippen LogP contribution in [-0.4, -0.2) is 43.0 Å². The molecule has 1 unspecified atom stereocenters. The van der Waals surface area contributed by atoms with E-state index in [2.05, 4.69) is 18.7 Å². The van der Waals surface area contributed by atoms with Crippen LogP contribution in [0.25, 0.3) is 0 Å². The molecule has 27 heavy (non-hydrogen) atoms. The fourth-order valence-corrected chi connectivity index (χ4v) is 3.84. The Morgan fingerprint density at radius 2 is 1.85 bits per heavy atom. The zero-order valence-corrected chi connectivity index (χ0v) is 17.2. The highest BCUT2D eigenvalue weighted by molar-refractivity contribution is 5.82. The fourth-order valence-electron chi connectivity index (χ4n) is 3.84. The van der Waals surface area contributed by atoms with Gasteiger partial charge in [-0.3, -0.25) is 9.69 Å². The van der Waals surface area contributed by atoms with Gasteiger partial charge in [0.1, 0.15) is 18.5 Å². The van der Waals surface area contributed by atoms with E-state index >= 15 is 0 Å². The summed E-state index contributed by atoms with van der Waals surface area (Å²) in [6, 6.07) is 7.80. The van der Waals surface area contributed by atoms with E-state index in [0.29, 0.717) is 12.4 Å². The highest BCUT2D eigenvalue weighted by Gasteiger charge is 2.35. The summed E-state index contributed by atoms with van der Waals surface area (Å²) in [4.78, 5) is 14.1. The Hall–Kier alpha value is -1.55. The van der Waals surface area contributed by atoms with E-state index in [1.165, 1.54) is 25.7 Å². The Morgan fingerprint density at radius 3 is 2.41 bits per heavy atom. The minimum atomic E-state index is -0.132. The molecule has 1 saturated heterocycles. The number of benzene rings is 1. The predicted octanol–water partition coefficient (Wildman–Crippen LogP) is 4.71. The van der Waals surface area contributed by atoms with Crippen molar-refractivity contribution in [3.63, 3.8) is 0 Å². The van der Waals surface area contributed by atoms with Crippen LogP contribution < -0.4 is 9.47 Å². The van der Waals surface area contributed by atoms with Crippen LogP contribution in [0.15, 0.2) is 24.3 Å². The van der Waals surface area contributed by atoms with Crippen molar-refractivity contribution in [2.24, 2.45) is 11.3 Å². The maximum Gasteiger partial charge on any atom is 0.161 e. The van der Waals surface area contributed by atoms with Crippen LogP contribution in [0.2, 0.25) is 0 Å². The number of carbonyl (C=O) groups is 1. The lowest BCUT2D eigenvalue weighted by Gasteiger charge is -2.39. The van der Waals surface area contributed by atoms with Gasteiger partial charge in [0.05, 0.1) is 0 Å². The van der Waals surface area contributed by atoms with Crippen molar-refractivity contribution in [2.75, 3.05) is 26.2 Å². The second kappa shape index (κ2) is 9.09. The van der Waals surface area contributed by atoms with Gasteiger partial charge in [-0.1, -0.05) is 51.7 Å². The molecule has 3 aliphatic rings. The minimum absolute atomic E-state index is 0.0709. The molecule has 4 nitrogen and oxygen atoms in total. The maximum absolute atomic E-state index is 11.7. The van der Waals surface area contributed by atoms with Crippen molar-refractivity contribution in [3.8, 4) is 11.5 Å². The minimum Gasteiger partial charge on any atom is -0.486 e. The van der Waals surface area contributed by atoms with Gasteiger partial charge in [-0.05, 0) is 50.9 Å². The third kappa shape index (κ3) is 5.71. The van der Waals surface area contributed by atoms with E-state index in [0.717, 1.165) is 49.9 Å². The second-order valence-corrected chi connectivity index (χ2v) is 8.65. The number of ether oxygens (including phenoxy) is 2. The summed E-state index contributed by atoms with van der Waals surface area (Å²) in [5.41, 5.74) is -0.132. The second-order valence-electron chi connectivity index (χ2n) is 8.65. The van der Waals surface area contributed by atoms with Crippen LogP contribution in [0.5, 0.6) is 11.5 Å². The van der Waals surface area contributed by atoms with Gasteiger partial charge >= 0.3 is 0 Å². The Morgan fingerprint density at radius 1 is 1.19 bits per heavy atom. The molecule has 2 fully saturated rings. The number of likely N-dealkylation sites (tertiary alicyclic amines) is 1. The average molecular weight is 374 g/mol. The first-order valence-electron chi connectivity index (χ1n) is 10.6. The lowest BCUT2D eigenvalue weighted by Crippen LogP contribution is -2.47. The molecular weight excluding hydrogens is 338 g/mol. The zero-order valence-electron chi connectivity index (χ0n) is 17.2. The van der Waals surface area contributed by atoms with E-state index in [4.69, 9.17) is 9.47 Å². The summed E-state index contributed by atoms with van der Waals surface area (Å²) in [5, 5.41) is 0. The number of rotatable bonds is 5. The van der Waals surface area contributed by atoms with Gasteiger partial charge in [0.2, 0.25) is 0 Å².